The number of nitrogens with one attached hydrogen (secondary N) is 1. The number of pyridine rings is 1. The van der Waals surface area contributed by atoms with Crippen molar-refractivity contribution in [2.45, 2.75) is 21.4 Å². The van der Waals surface area contributed by atoms with Gasteiger partial charge >= 0.3 is 0 Å². The highest BCUT2D eigenvalue weighted by molar-refractivity contribution is 8.03. The third-order valence-corrected chi connectivity index (χ3v) is 6.53. The average molecular weight is 416 g/mol. The Morgan fingerprint density at radius 1 is 1.15 bits per heavy atom. The molecule has 1 amide bonds. The molecule has 0 aliphatic heterocycles. The third kappa shape index (κ3) is 6.78. The fourth-order valence-corrected chi connectivity index (χ4v) is 4.69. The molecule has 0 atom stereocenters. The second-order valence-corrected chi connectivity index (χ2v) is 8.87. The summed E-state index contributed by atoms with van der Waals surface area (Å²) in [6.07, 6.45) is 3.18. The number of carbonyl (C=O) groups is 1. The maximum absolute atomic E-state index is 11.8. The largest absolute Gasteiger partial charge is 0.272 e. The minimum Gasteiger partial charge on any atom is -0.272 e. The molecule has 27 heavy (non-hydrogen) atoms. The molecular weight excluding hydrogens is 398 g/mol. The van der Waals surface area contributed by atoms with E-state index in [-0.39, 0.29) is 11.7 Å². The van der Waals surface area contributed by atoms with Crippen molar-refractivity contribution in [1.29, 1.82) is 0 Å². The van der Waals surface area contributed by atoms with Crippen LogP contribution in [0.3, 0.4) is 0 Å². The summed E-state index contributed by atoms with van der Waals surface area (Å²) in [6, 6.07) is 13.9. The summed E-state index contributed by atoms with van der Waals surface area (Å²) < 4.78 is 1.66. The molecule has 0 saturated carbocycles. The zero-order valence-electron chi connectivity index (χ0n) is 14.5. The predicted octanol–water partition coefficient (Wildman–Crippen LogP) is 3.78. The molecule has 2 aromatic heterocycles. The molecule has 3 rings (SSSR count). The standard InChI is InChI=1S/C18H17N5OS3/c1-13-5-7-14(8-6-13)11-25-17-22-23-18(27-17)26-12-16(24)21-20-10-15-4-2-3-9-19-15/h2-10H,11-12H2,1H3,(H,21,24)/b20-10-. The van der Waals surface area contributed by atoms with Crippen LogP contribution in [-0.4, -0.2) is 33.1 Å². The number of carbonyl (C=O) groups excluding carboxylic acids is 1. The molecular formula is C18H17N5OS3. The van der Waals surface area contributed by atoms with Crippen LogP contribution in [0, 0.1) is 6.92 Å². The van der Waals surface area contributed by atoms with Crippen molar-refractivity contribution in [2.24, 2.45) is 5.10 Å². The average Bonchev–Trinajstić information content (AvgIpc) is 3.15. The summed E-state index contributed by atoms with van der Waals surface area (Å²) in [6.45, 7) is 2.07. The maximum Gasteiger partial charge on any atom is 0.250 e. The fraction of sp³-hybridized carbons (Fsp3) is 0.167. The molecule has 0 bridgehead atoms. The van der Waals surface area contributed by atoms with E-state index in [2.05, 4.69) is 56.9 Å². The van der Waals surface area contributed by atoms with Gasteiger partial charge in [-0.25, -0.2) is 5.43 Å². The molecule has 0 spiro atoms. The molecule has 0 fully saturated rings. The number of thioether (sulfide) groups is 2. The number of hydrogen-bond acceptors (Lipinski definition) is 8. The van der Waals surface area contributed by atoms with E-state index in [1.165, 1.54) is 40.4 Å². The van der Waals surface area contributed by atoms with Crippen LogP contribution in [0.1, 0.15) is 16.8 Å². The SMILES string of the molecule is Cc1ccc(CSc2nnc(SCC(=O)N/N=C\c3ccccn3)s2)cc1. The van der Waals surface area contributed by atoms with E-state index in [4.69, 9.17) is 0 Å². The Labute approximate surface area is 169 Å². The maximum atomic E-state index is 11.8. The molecule has 0 aliphatic rings. The van der Waals surface area contributed by atoms with E-state index < -0.39 is 0 Å². The van der Waals surface area contributed by atoms with Gasteiger partial charge in [0.25, 0.3) is 5.91 Å². The summed E-state index contributed by atoms with van der Waals surface area (Å²) in [5.74, 6) is 0.885. The lowest BCUT2D eigenvalue weighted by Gasteiger charge is -1.99. The summed E-state index contributed by atoms with van der Waals surface area (Å²) >= 11 is 4.49. The van der Waals surface area contributed by atoms with Crippen molar-refractivity contribution < 1.29 is 4.79 Å². The number of hydrogen-bond donors (Lipinski definition) is 1. The van der Waals surface area contributed by atoms with Crippen LogP contribution in [0.4, 0.5) is 0 Å². The summed E-state index contributed by atoms with van der Waals surface area (Å²) in [5, 5.41) is 12.2. The van der Waals surface area contributed by atoms with Crippen molar-refractivity contribution in [2.75, 3.05) is 5.75 Å². The smallest absolute Gasteiger partial charge is 0.250 e. The molecule has 0 aliphatic carbocycles. The van der Waals surface area contributed by atoms with Crippen molar-refractivity contribution in [3.63, 3.8) is 0 Å². The van der Waals surface area contributed by atoms with Crippen LogP contribution < -0.4 is 5.43 Å². The lowest BCUT2D eigenvalue weighted by molar-refractivity contribution is -0.118. The van der Waals surface area contributed by atoms with Gasteiger partial charge in [0.2, 0.25) is 0 Å². The van der Waals surface area contributed by atoms with Crippen LogP contribution in [0.5, 0.6) is 0 Å². The molecule has 138 valence electrons. The van der Waals surface area contributed by atoms with Crippen LogP contribution in [0.25, 0.3) is 0 Å². The lowest BCUT2D eigenvalue weighted by Crippen LogP contribution is -2.19. The van der Waals surface area contributed by atoms with Crippen LogP contribution in [-0.2, 0) is 10.5 Å². The van der Waals surface area contributed by atoms with Gasteiger partial charge in [-0.1, -0.05) is 70.8 Å². The Balaban J connectivity index is 1.40. The van der Waals surface area contributed by atoms with Crippen molar-refractivity contribution >= 4 is 47.0 Å². The minimum atomic E-state index is -0.198. The normalized spacial score (nSPS) is 11.0. The highest BCUT2D eigenvalue weighted by atomic mass is 32.2. The molecule has 9 heteroatoms. The summed E-state index contributed by atoms with van der Waals surface area (Å²) in [7, 11) is 0. The Hall–Kier alpha value is -2.23. The Morgan fingerprint density at radius 3 is 2.67 bits per heavy atom. The molecule has 6 nitrogen and oxygen atoms in total. The van der Waals surface area contributed by atoms with Gasteiger partial charge in [-0.15, -0.1) is 10.2 Å². The van der Waals surface area contributed by atoms with Crippen molar-refractivity contribution in [1.82, 2.24) is 20.6 Å². The molecule has 1 N–H and O–H groups in total. The van der Waals surface area contributed by atoms with Gasteiger partial charge < -0.3 is 0 Å². The molecule has 3 aromatic rings. The van der Waals surface area contributed by atoms with Crippen LogP contribution in [0.15, 0.2) is 62.4 Å². The van der Waals surface area contributed by atoms with E-state index in [9.17, 15) is 4.79 Å². The molecule has 0 radical (unpaired) electrons. The van der Waals surface area contributed by atoms with E-state index in [0.717, 1.165) is 14.4 Å². The first-order valence-corrected chi connectivity index (χ1v) is 10.9. The van der Waals surface area contributed by atoms with E-state index in [1.54, 1.807) is 24.0 Å². The predicted molar refractivity (Wildman–Crippen MR) is 111 cm³/mol. The molecule has 0 unspecified atom stereocenters. The summed E-state index contributed by atoms with van der Waals surface area (Å²) in [4.78, 5) is 15.9. The molecule has 0 saturated heterocycles. The lowest BCUT2D eigenvalue weighted by atomic mass is 10.2. The second-order valence-electron chi connectivity index (χ2n) is 5.44. The monoisotopic (exact) mass is 415 g/mol. The topological polar surface area (TPSA) is 80.1 Å². The Bertz CT molecular complexity index is 897. The van der Waals surface area contributed by atoms with E-state index in [0.29, 0.717) is 5.69 Å². The number of hydrazone groups is 1. The number of aryl methyl sites for hydroxylation is 1. The number of aromatic nitrogens is 3. The first-order chi connectivity index (χ1) is 13.2. The Kier molecular flexibility index (Phi) is 7.37. The molecule has 1 aromatic carbocycles. The van der Waals surface area contributed by atoms with Crippen LogP contribution in [0.2, 0.25) is 0 Å². The van der Waals surface area contributed by atoms with Gasteiger partial charge in [0.1, 0.15) is 0 Å². The number of nitrogens with zero attached hydrogens (tertiary/aromatic N) is 4. The first-order valence-electron chi connectivity index (χ1n) is 8.06. The van der Waals surface area contributed by atoms with Gasteiger partial charge in [0.15, 0.2) is 8.68 Å². The molecule has 2 heterocycles. The van der Waals surface area contributed by atoms with E-state index in [1.807, 2.05) is 12.1 Å². The number of amides is 1. The van der Waals surface area contributed by atoms with Gasteiger partial charge in [0, 0.05) is 11.9 Å². The van der Waals surface area contributed by atoms with Crippen molar-refractivity contribution in [3.05, 3.63) is 65.5 Å². The van der Waals surface area contributed by atoms with Crippen LogP contribution >= 0.6 is 34.9 Å². The second kappa shape index (κ2) is 10.2. The van der Waals surface area contributed by atoms with Gasteiger partial charge in [0.05, 0.1) is 17.7 Å². The first kappa shape index (κ1) is 19.5. The van der Waals surface area contributed by atoms with Gasteiger partial charge in [-0.2, -0.15) is 5.10 Å². The van der Waals surface area contributed by atoms with Gasteiger partial charge in [-0.3, -0.25) is 9.78 Å². The third-order valence-electron chi connectivity index (χ3n) is 3.27. The Morgan fingerprint density at radius 2 is 1.93 bits per heavy atom. The zero-order chi connectivity index (χ0) is 18.9. The van der Waals surface area contributed by atoms with Gasteiger partial charge in [-0.05, 0) is 24.6 Å². The minimum absolute atomic E-state index is 0.198. The number of benzene rings is 1. The highest BCUT2D eigenvalue weighted by Gasteiger charge is 2.08. The quantitative estimate of drug-likeness (QED) is 0.343. The highest BCUT2D eigenvalue weighted by Crippen LogP contribution is 2.30. The fourth-order valence-electron chi connectivity index (χ4n) is 1.93. The zero-order valence-corrected chi connectivity index (χ0v) is 17.0. The van der Waals surface area contributed by atoms with Crippen molar-refractivity contribution in [3.8, 4) is 0 Å². The number of rotatable bonds is 8. The van der Waals surface area contributed by atoms with E-state index >= 15 is 0 Å². The summed E-state index contributed by atoms with van der Waals surface area (Å²) in [5.41, 5.74) is 5.67.